The summed E-state index contributed by atoms with van der Waals surface area (Å²) >= 11 is 6.15. The predicted molar refractivity (Wildman–Crippen MR) is 74.7 cm³/mol. The van der Waals surface area contributed by atoms with Crippen molar-refractivity contribution in [1.29, 1.82) is 0 Å². The van der Waals surface area contributed by atoms with Gasteiger partial charge in [0.2, 0.25) is 5.78 Å². The van der Waals surface area contributed by atoms with Gasteiger partial charge in [0, 0.05) is 13.7 Å². The second-order valence-electron chi connectivity index (χ2n) is 5.15. The number of ether oxygens (including phenoxy) is 1. The van der Waals surface area contributed by atoms with E-state index in [0.717, 1.165) is 32.1 Å². The smallest absolute Gasteiger partial charge is 0.214 e. The Bertz CT molecular complexity index is 450. The Morgan fingerprint density at radius 3 is 2.74 bits per heavy atom. The van der Waals surface area contributed by atoms with Gasteiger partial charge in [-0.25, -0.2) is 0 Å². The van der Waals surface area contributed by atoms with Crippen LogP contribution in [-0.2, 0) is 11.3 Å². The lowest BCUT2D eigenvalue weighted by Gasteiger charge is -2.34. The number of aryl methyl sites for hydroxylation is 1. The number of methoxy groups -OCH3 is 1. The van der Waals surface area contributed by atoms with Crippen LogP contribution in [0, 0.1) is 0 Å². The van der Waals surface area contributed by atoms with Gasteiger partial charge in [-0.2, -0.15) is 5.10 Å². The third-order valence-corrected chi connectivity index (χ3v) is 4.19. The molecule has 1 aliphatic carbocycles. The van der Waals surface area contributed by atoms with Crippen LogP contribution in [0.4, 0.5) is 0 Å². The first kappa shape index (κ1) is 14.5. The van der Waals surface area contributed by atoms with E-state index in [0.29, 0.717) is 17.3 Å². The monoisotopic (exact) mass is 284 g/mol. The van der Waals surface area contributed by atoms with Crippen molar-refractivity contribution in [2.75, 3.05) is 7.11 Å². The highest BCUT2D eigenvalue weighted by molar-refractivity contribution is 6.34. The van der Waals surface area contributed by atoms with Crippen LogP contribution in [0.3, 0.4) is 0 Å². The molecular formula is C14H21ClN2O2. The molecule has 0 aliphatic heterocycles. The first-order valence-electron chi connectivity index (χ1n) is 6.96. The first-order chi connectivity index (χ1) is 9.14. The Morgan fingerprint density at radius 2 is 2.16 bits per heavy atom. The Kier molecular flexibility index (Phi) is 4.63. The van der Waals surface area contributed by atoms with E-state index in [1.54, 1.807) is 18.0 Å². The average molecular weight is 285 g/mol. The molecule has 1 aromatic rings. The summed E-state index contributed by atoms with van der Waals surface area (Å²) in [6, 6.07) is 0. The van der Waals surface area contributed by atoms with Gasteiger partial charge in [0.15, 0.2) is 0 Å². The summed E-state index contributed by atoms with van der Waals surface area (Å²) in [5.41, 5.74) is -0.194. The molecule has 19 heavy (non-hydrogen) atoms. The van der Waals surface area contributed by atoms with Gasteiger partial charge in [0.1, 0.15) is 11.3 Å². The normalized spacial score (nSPS) is 18.5. The fraction of sp³-hybridized carbons (Fsp3) is 0.714. The van der Waals surface area contributed by atoms with Crippen molar-refractivity contribution in [1.82, 2.24) is 9.78 Å². The predicted octanol–water partition coefficient (Wildman–Crippen LogP) is 3.48. The number of nitrogens with zero attached hydrogens (tertiary/aromatic N) is 2. The first-order valence-corrected chi connectivity index (χ1v) is 7.33. The SMILES string of the molecule is CCCn1ncc(Cl)c1C(=O)C1(OC)CCCCC1. The molecule has 2 rings (SSSR count). The molecule has 0 unspecified atom stereocenters. The number of Topliss-reactive ketones (excluding diaryl/α,β-unsaturated/α-hetero) is 1. The van der Waals surface area contributed by atoms with Crippen molar-refractivity contribution < 1.29 is 9.53 Å². The Morgan fingerprint density at radius 1 is 1.47 bits per heavy atom. The Balaban J connectivity index is 2.34. The van der Waals surface area contributed by atoms with E-state index in [9.17, 15) is 4.79 Å². The van der Waals surface area contributed by atoms with Crippen molar-refractivity contribution in [3.63, 3.8) is 0 Å². The largest absolute Gasteiger partial charge is 0.370 e. The molecule has 5 heteroatoms. The van der Waals surface area contributed by atoms with Gasteiger partial charge in [-0.3, -0.25) is 9.48 Å². The van der Waals surface area contributed by atoms with Crippen LogP contribution in [0.25, 0.3) is 0 Å². The Labute approximate surface area is 119 Å². The summed E-state index contributed by atoms with van der Waals surface area (Å²) in [6.45, 7) is 2.75. The van der Waals surface area contributed by atoms with Crippen LogP contribution in [0.5, 0.6) is 0 Å². The van der Waals surface area contributed by atoms with Crippen molar-refractivity contribution in [2.24, 2.45) is 0 Å². The van der Waals surface area contributed by atoms with Gasteiger partial charge in [-0.15, -0.1) is 0 Å². The second-order valence-corrected chi connectivity index (χ2v) is 5.56. The van der Waals surface area contributed by atoms with Crippen molar-refractivity contribution >= 4 is 17.4 Å². The topological polar surface area (TPSA) is 44.1 Å². The third kappa shape index (κ3) is 2.70. The van der Waals surface area contributed by atoms with Crippen molar-refractivity contribution in [2.45, 2.75) is 57.6 Å². The fourth-order valence-electron chi connectivity index (χ4n) is 2.83. The molecule has 0 amide bonds. The van der Waals surface area contributed by atoms with Crippen molar-refractivity contribution in [3.05, 3.63) is 16.9 Å². The highest BCUT2D eigenvalue weighted by atomic mass is 35.5. The molecule has 0 saturated heterocycles. The van der Waals surface area contributed by atoms with E-state index in [-0.39, 0.29) is 5.78 Å². The van der Waals surface area contributed by atoms with Crippen LogP contribution >= 0.6 is 11.6 Å². The van der Waals surface area contributed by atoms with Gasteiger partial charge < -0.3 is 4.74 Å². The van der Waals surface area contributed by atoms with Gasteiger partial charge >= 0.3 is 0 Å². The van der Waals surface area contributed by atoms with E-state index in [1.165, 1.54) is 6.42 Å². The molecule has 1 aliphatic rings. The lowest BCUT2D eigenvalue weighted by Crippen LogP contribution is -2.43. The number of rotatable bonds is 5. The molecule has 1 fully saturated rings. The number of halogens is 1. The number of aromatic nitrogens is 2. The van der Waals surface area contributed by atoms with Crippen LogP contribution in [-0.4, -0.2) is 28.3 Å². The van der Waals surface area contributed by atoms with E-state index in [4.69, 9.17) is 16.3 Å². The third-order valence-electron chi connectivity index (χ3n) is 3.91. The zero-order valence-electron chi connectivity index (χ0n) is 11.6. The molecule has 0 aromatic carbocycles. The molecule has 4 nitrogen and oxygen atoms in total. The number of hydrogen-bond donors (Lipinski definition) is 0. The number of hydrogen-bond acceptors (Lipinski definition) is 3. The highest BCUT2D eigenvalue weighted by Crippen LogP contribution is 2.35. The minimum Gasteiger partial charge on any atom is -0.370 e. The lowest BCUT2D eigenvalue weighted by molar-refractivity contribution is -0.0201. The molecule has 0 radical (unpaired) electrons. The maximum Gasteiger partial charge on any atom is 0.214 e. The fourth-order valence-corrected chi connectivity index (χ4v) is 3.06. The van der Waals surface area contributed by atoms with Crippen LogP contribution < -0.4 is 0 Å². The van der Waals surface area contributed by atoms with E-state index in [2.05, 4.69) is 12.0 Å². The average Bonchev–Trinajstić information content (AvgIpc) is 2.80. The molecule has 106 valence electrons. The summed E-state index contributed by atoms with van der Waals surface area (Å²) < 4.78 is 7.31. The molecule has 0 N–H and O–H groups in total. The number of ketones is 1. The van der Waals surface area contributed by atoms with Crippen LogP contribution in [0.1, 0.15) is 55.9 Å². The summed E-state index contributed by atoms with van der Waals surface area (Å²) in [5.74, 6) is -0.00866. The summed E-state index contributed by atoms with van der Waals surface area (Å²) in [5, 5.41) is 4.63. The Hall–Kier alpha value is -0.870. The molecule has 1 heterocycles. The van der Waals surface area contributed by atoms with Gasteiger partial charge in [-0.05, 0) is 19.3 Å². The van der Waals surface area contributed by atoms with E-state index < -0.39 is 5.60 Å². The van der Waals surface area contributed by atoms with Crippen molar-refractivity contribution in [3.8, 4) is 0 Å². The number of carbonyl (C=O) groups excluding carboxylic acids is 1. The van der Waals surface area contributed by atoms with E-state index >= 15 is 0 Å². The molecule has 0 atom stereocenters. The zero-order valence-corrected chi connectivity index (χ0v) is 12.4. The van der Waals surface area contributed by atoms with Gasteiger partial charge in [-0.1, -0.05) is 37.8 Å². The summed E-state index contributed by atoms with van der Waals surface area (Å²) in [4.78, 5) is 12.9. The van der Waals surface area contributed by atoms with Crippen LogP contribution in [0.15, 0.2) is 6.20 Å². The lowest BCUT2D eigenvalue weighted by atomic mass is 9.80. The maximum atomic E-state index is 12.9. The highest BCUT2D eigenvalue weighted by Gasteiger charge is 2.42. The maximum absolute atomic E-state index is 12.9. The molecule has 1 aromatic heterocycles. The quantitative estimate of drug-likeness (QED) is 0.778. The summed E-state index contributed by atoms with van der Waals surface area (Å²) in [7, 11) is 1.62. The molecule has 0 bridgehead atoms. The summed E-state index contributed by atoms with van der Waals surface area (Å²) in [6.07, 6.45) is 7.24. The van der Waals surface area contributed by atoms with Gasteiger partial charge in [0.25, 0.3) is 0 Å². The molecule has 1 saturated carbocycles. The molecule has 0 spiro atoms. The molecular weight excluding hydrogens is 264 g/mol. The number of carbonyl (C=O) groups is 1. The minimum absolute atomic E-state index is 0.00866. The minimum atomic E-state index is -0.701. The van der Waals surface area contributed by atoms with E-state index in [1.807, 2.05) is 0 Å². The van der Waals surface area contributed by atoms with Crippen LogP contribution in [0.2, 0.25) is 5.02 Å². The second kappa shape index (κ2) is 6.06. The zero-order chi connectivity index (χ0) is 13.9. The van der Waals surface area contributed by atoms with Gasteiger partial charge in [0.05, 0.1) is 11.2 Å². The standard InChI is InChI=1S/C14H21ClN2O2/c1-3-9-17-12(11(15)10-16-17)13(18)14(19-2)7-5-4-6-8-14/h10H,3-9H2,1-2H3.